The predicted octanol–water partition coefficient (Wildman–Crippen LogP) is 2.49. The van der Waals surface area contributed by atoms with Gasteiger partial charge in [0.05, 0.1) is 11.0 Å². The van der Waals surface area contributed by atoms with Gasteiger partial charge in [0.2, 0.25) is 5.91 Å². The molecule has 29 heavy (non-hydrogen) atoms. The number of aromatic nitrogens is 2. The Balaban J connectivity index is 1.70. The second-order valence-corrected chi connectivity index (χ2v) is 8.74. The molecule has 0 bridgehead atoms. The first-order valence-electron chi connectivity index (χ1n) is 10.2. The third kappa shape index (κ3) is 4.33. The van der Waals surface area contributed by atoms with E-state index in [-0.39, 0.29) is 28.8 Å². The molecule has 1 N–H and O–H groups in total. The molecule has 0 spiro atoms. The Morgan fingerprint density at radius 2 is 1.86 bits per heavy atom. The van der Waals surface area contributed by atoms with E-state index in [1.165, 1.54) is 0 Å². The molecule has 1 aromatic heterocycles. The quantitative estimate of drug-likeness (QED) is 0.861. The van der Waals surface area contributed by atoms with Crippen molar-refractivity contribution in [3.05, 3.63) is 39.8 Å². The number of fused-ring (bicyclic) bond motifs is 1. The minimum atomic E-state index is -0.383. The fourth-order valence-electron chi connectivity index (χ4n) is 3.80. The number of nitrogens with zero attached hydrogens (tertiary/aromatic N) is 3. The molecular formula is C22H30N4O3. The van der Waals surface area contributed by atoms with Crippen molar-refractivity contribution in [3.63, 3.8) is 0 Å². The standard InChI is InChI=1S/C22H30N4O3/c1-6-26-18-8-7-15(13-17(18)23-14(2)20(26)28)19(27)24-16-9-11-25(12-10-16)21(29)22(3,4)5/h7-8,13,16H,6,9-12H2,1-5H3,(H,24,27). The normalized spacial score (nSPS) is 15.6. The molecule has 0 atom stereocenters. The maximum absolute atomic E-state index is 12.7. The average molecular weight is 399 g/mol. The van der Waals surface area contributed by atoms with E-state index in [1.807, 2.05) is 32.6 Å². The van der Waals surface area contributed by atoms with Crippen LogP contribution >= 0.6 is 0 Å². The summed E-state index contributed by atoms with van der Waals surface area (Å²) in [6.07, 6.45) is 1.49. The predicted molar refractivity (Wildman–Crippen MR) is 113 cm³/mol. The first-order chi connectivity index (χ1) is 13.6. The summed E-state index contributed by atoms with van der Waals surface area (Å²) in [4.78, 5) is 43.6. The maximum Gasteiger partial charge on any atom is 0.272 e. The molecule has 1 fully saturated rings. The lowest BCUT2D eigenvalue weighted by Crippen LogP contribution is -2.49. The van der Waals surface area contributed by atoms with Gasteiger partial charge in [-0.1, -0.05) is 20.8 Å². The van der Waals surface area contributed by atoms with Crippen molar-refractivity contribution in [2.45, 2.75) is 60.0 Å². The first kappa shape index (κ1) is 21.0. The van der Waals surface area contributed by atoms with Crippen LogP contribution < -0.4 is 10.9 Å². The summed E-state index contributed by atoms with van der Waals surface area (Å²) in [7, 11) is 0. The number of amides is 2. The number of benzene rings is 1. The number of hydrogen-bond donors (Lipinski definition) is 1. The highest BCUT2D eigenvalue weighted by atomic mass is 16.2. The highest BCUT2D eigenvalue weighted by Gasteiger charge is 2.30. The number of carbonyl (C=O) groups is 2. The van der Waals surface area contributed by atoms with E-state index >= 15 is 0 Å². The summed E-state index contributed by atoms with van der Waals surface area (Å²) < 4.78 is 1.67. The van der Waals surface area contributed by atoms with E-state index in [2.05, 4.69) is 10.3 Å². The summed E-state index contributed by atoms with van der Waals surface area (Å²) in [6.45, 7) is 11.2. The fraction of sp³-hybridized carbons (Fsp3) is 0.545. The SMILES string of the molecule is CCn1c(=O)c(C)nc2cc(C(=O)NC3CCN(C(=O)C(C)(C)C)CC3)ccc21. The molecule has 2 amide bonds. The molecule has 0 radical (unpaired) electrons. The van der Waals surface area contributed by atoms with Crippen LogP contribution in [0, 0.1) is 12.3 Å². The highest BCUT2D eigenvalue weighted by molar-refractivity contribution is 5.97. The summed E-state index contributed by atoms with van der Waals surface area (Å²) >= 11 is 0. The van der Waals surface area contributed by atoms with E-state index in [0.29, 0.717) is 36.4 Å². The van der Waals surface area contributed by atoms with Gasteiger partial charge in [-0.2, -0.15) is 0 Å². The number of rotatable bonds is 3. The van der Waals surface area contributed by atoms with Crippen LogP contribution in [0.25, 0.3) is 11.0 Å². The minimum Gasteiger partial charge on any atom is -0.349 e. The van der Waals surface area contributed by atoms with Crippen molar-refractivity contribution in [1.82, 2.24) is 19.8 Å². The van der Waals surface area contributed by atoms with Gasteiger partial charge in [-0.15, -0.1) is 0 Å². The first-order valence-corrected chi connectivity index (χ1v) is 10.2. The Labute approximate surface area is 171 Å². The van der Waals surface area contributed by atoms with Crippen LogP contribution in [0.4, 0.5) is 0 Å². The molecule has 1 aliphatic heterocycles. The topological polar surface area (TPSA) is 84.3 Å². The second kappa shape index (κ2) is 7.97. The Morgan fingerprint density at radius 3 is 2.45 bits per heavy atom. The summed E-state index contributed by atoms with van der Waals surface area (Å²) in [5.74, 6) is 0.00131. The smallest absolute Gasteiger partial charge is 0.272 e. The molecule has 0 unspecified atom stereocenters. The van der Waals surface area contributed by atoms with Gasteiger partial charge in [0.15, 0.2) is 0 Å². The summed E-state index contributed by atoms with van der Waals surface area (Å²) in [6, 6.07) is 5.30. The fourth-order valence-corrected chi connectivity index (χ4v) is 3.80. The molecule has 0 saturated carbocycles. The lowest BCUT2D eigenvalue weighted by molar-refractivity contribution is -0.140. The number of hydrogen-bond acceptors (Lipinski definition) is 4. The minimum absolute atomic E-state index is 0.0431. The molecule has 1 aliphatic rings. The molecule has 2 heterocycles. The van der Waals surface area contributed by atoms with Gasteiger partial charge in [0, 0.05) is 36.7 Å². The molecule has 7 heteroatoms. The van der Waals surface area contributed by atoms with E-state index in [4.69, 9.17) is 0 Å². The van der Waals surface area contributed by atoms with Crippen molar-refractivity contribution < 1.29 is 9.59 Å². The Bertz CT molecular complexity index is 996. The molecule has 1 aromatic carbocycles. The van der Waals surface area contributed by atoms with Crippen LogP contribution in [-0.2, 0) is 11.3 Å². The van der Waals surface area contributed by atoms with Crippen molar-refractivity contribution in [2.24, 2.45) is 5.41 Å². The molecule has 7 nitrogen and oxygen atoms in total. The van der Waals surface area contributed by atoms with Crippen LogP contribution in [-0.4, -0.2) is 45.4 Å². The average Bonchev–Trinajstić information content (AvgIpc) is 2.68. The van der Waals surface area contributed by atoms with Crippen molar-refractivity contribution in [1.29, 1.82) is 0 Å². The third-order valence-corrected chi connectivity index (χ3v) is 5.45. The molecule has 0 aliphatic carbocycles. The zero-order valence-electron chi connectivity index (χ0n) is 17.9. The number of aryl methyl sites for hydroxylation is 2. The summed E-state index contributed by atoms with van der Waals surface area (Å²) in [5, 5.41) is 3.08. The monoisotopic (exact) mass is 398 g/mol. The van der Waals surface area contributed by atoms with E-state index in [1.54, 1.807) is 29.7 Å². The molecule has 3 rings (SSSR count). The van der Waals surface area contributed by atoms with Crippen LogP contribution in [0.2, 0.25) is 0 Å². The number of piperidine rings is 1. The number of likely N-dealkylation sites (tertiary alicyclic amines) is 1. The van der Waals surface area contributed by atoms with Gasteiger partial charge in [-0.25, -0.2) is 4.98 Å². The Hall–Kier alpha value is -2.70. The van der Waals surface area contributed by atoms with Crippen molar-refractivity contribution in [3.8, 4) is 0 Å². The largest absolute Gasteiger partial charge is 0.349 e. The Morgan fingerprint density at radius 1 is 1.21 bits per heavy atom. The summed E-state index contributed by atoms with van der Waals surface area (Å²) in [5.41, 5.74) is 1.84. The van der Waals surface area contributed by atoms with Crippen LogP contribution in [0.1, 0.15) is 56.6 Å². The zero-order valence-corrected chi connectivity index (χ0v) is 17.9. The van der Waals surface area contributed by atoms with E-state index in [0.717, 1.165) is 18.4 Å². The zero-order chi connectivity index (χ0) is 21.3. The number of carbonyl (C=O) groups excluding carboxylic acids is 2. The van der Waals surface area contributed by atoms with E-state index < -0.39 is 0 Å². The second-order valence-electron chi connectivity index (χ2n) is 8.74. The van der Waals surface area contributed by atoms with Gasteiger partial charge in [0.25, 0.3) is 11.5 Å². The number of nitrogens with one attached hydrogen (secondary N) is 1. The molecule has 156 valence electrons. The molecular weight excluding hydrogens is 368 g/mol. The Kier molecular flexibility index (Phi) is 5.78. The van der Waals surface area contributed by atoms with Crippen molar-refractivity contribution >= 4 is 22.8 Å². The van der Waals surface area contributed by atoms with Gasteiger partial charge in [-0.3, -0.25) is 14.4 Å². The van der Waals surface area contributed by atoms with E-state index in [9.17, 15) is 14.4 Å². The van der Waals surface area contributed by atoms with Crippen LogP contribution in [0.3, 0.4) is 0 Å². The lowest BCUT2D eigenvalue weighted by atomic mass is 9.93. The van der Waals surface area contributed by atoms with Crippen molar-refractivity contribution in [2.75, 3.05) is 13.1 Å². The van der Waals surface area contributed by atoms with Gasteiger partial charge in [-0.05, 0) is 44.9 Å². The highest BCUT2D eigenvalue weighted by Crippen LogP contribution is 2.21. The van der Waals surface area contributed by atoms with Gasteiger partial charge in [0.1, 0.15) is 5.69 Å². The third-order valence-electron chi connectivity index (χ3n) is 5.45. The van der Waals surface area contributed by atoms with Gasteiger partial charge < -0.3 is 14.8 Å². The lowest BCUT2D eigenvalue weighted by Gasteiger charge is -2.36. The maximum atomic E-state index is 12.7. The van der Waals surface area contributed by atoms with Gasteiger partial charge >= 0.3 is 0 Å². The van der Waals surface area contributed by atoms with Crippen LogP contribution in [0.5, 0.6) is 0 Å². The molecule has 1 saturated heterocycles. The van der Waals surface area contributed by atoms with Crippen LogP contribution in [0.15, 0.2) is 23.0 Å². The molecule has 2 aromatic rings.